The van der Waals surface area contributed by atoms with Crippen molar-refractivity contribution in [3.8, 4) is 5.75 Å². The maximum absolute atomic E-state index is 12.6. The Morgan fingerprint density at radius 1 is 1.12 bits per heavy atom. The molecule has 0 atom stereocenters. The van der Waals surface area contributed by atoms with Crippen molar-refractivity contribution in [2.45, 2.75) is 40.0 Å². The van der Waals surface area contributed by atoms with Gasteiger partial charge in [0.1, 0.15) is 5.75 Å². The van der Waals surface area contributed by atoms with Gasteiger partial charge >= 0.3 is 5.97 Å². The van der Waals surface area contributed by atoms with Crippen LogP contribution in [0.5, 0.6) is 5.75 Å². The molecule has 134 valence electrons. The molecular weight excluding hydrogens is 306 g/mol. The van der Waals surface area contributed by atoms with Crippen LogP contribution >= 0.6 is 0 Å². The Kier molecular flexibility index (Phi) is 8.90. The largest absolute Gasteiger partial charge is 0.494 e. The van der Waals surface area contributed by atoms with Crippen molar-refractivity contribution in [2.75, 3.05) is 26.8 Å². The molecule has 0 radical (unpaired) electrons. The van der Waals surface area contributed by atoms with Crippen LogP contribution in [0.3, 0.4) is 0 Å². The summed E-state index contributed by atoms with van der Waals surface area (Å²) in [5.74, 6) is 1.04. The highest BCUT2D eigenvalue weighted by Crippen LogP contribution is 2.14. The second kappa shape index (κ2) is 10.7. The lowest BCUT2D eigenvalue weighted by Gasteiger charge is -2.23. The fourth-order valence-corrected chi connectivity index (χ4v) is 2.26. The van der Waals surface area contributed by atoms with Crippen LogP contribution in [-0.2, 0) is 20.7 Å². The van der Waals surface area contributed by atoms with E-state index in [1.54, 1.807) is 4.90 Å². The Bertz CT molecular complexity index is 511. The maximum Gasteiger partial charge on any atom is 0.307 e. The third kappa shape index (κ3) is 7.49. The summed E-state index contributed by atoms with van der Waals surface area (Å²) in [5, 5.41) is 0. The molecule has 1 rings (SSSR count). The van der Waals surface area contributed by atoms with Crippen LogP contribution < -0.4 is 4.74 Å². The standard InChI is InChI=1S/C19H29NO4/c1-5-24-17-8-6-16(7-9-17)14-18(21)20(12-10-15(2)3)13-11-19(22)23-4/h6-9,15H,5,10-14H2,1-4H3. The Balaban J connectivity index is 2.65. The predicted octanol–water partition coefficient (Wildman–Crippen LogP) is 3.07. The fourth-order valence-electron chi connectivity index (χ4n) is 2.26. The second-order valence-electron chi connectivity index (χ2n) is 6.14. The molecule has 0 unspecified atom stereocenters. The number of ether oxygens (including phenoxy) is 2. The normalized spacial score (nSPS) is 10.5. The molecule has 0 bridgehead atoms. The fraction of sp³-hybridized carbons (Fsp3) is 0.579. The second-order valence-corrected chi connectivity index (χ2v) is 6.14. The molecule has 0 saturated heterocycles. The van der Waals surface area contributed by atoms with Gasteiger partial charge in [-0.1, -0.05) is 26.0 Å². The van der Waals surface area contributed by atoms with E-state index >= 15 is 0 Å². The molecule has 24 heavy (non-hydrogen) atoms. The molecule has 0 N–H and O–H groups in total. The lowest BCUT2D eigenvalue weighted by Crippen LogP contribution is -2.35. The highest BCUT2D eigenvalue weighted by molar-refractivity contribution is 5.79. The summed E-state index contributed by atoms with van der Waals surface area (Å²) in [4.78, 5) is 25.7. The molecule has 0 aliphatic heterocycles. The number of hydrogen-bond acceptors (Lipinski definition) is 4. The molecule has 0 aliphatic rings. The molecule has 0 heterocycles. The first kappa shape index (κ1) is 20.0. The van der Waals surface area contributed by atoms with E-state index in [-0.39, 0.29) is 18.3 Å². The van der Waals surface area contributed by atoms with Crippen molar-refractivity contribution in [1.82, 2.24) is 4.90 Å². The van der Waals surface area contributed by atoms with Gasteiger partial charge in [0.05, 0.1) is 26.6 Å². The van der Waals surface area contributed by atoms with Crippen LogP contribution in [0, 0.1) is 5.92 Å². The lowest BCUT2D eigenvalue weighted by atomic mass is 10.1. The Hall–Kier alpha value is -2.04. The smallest absolute Gasteiger partial charge is 0.307 e. The van der Waals surface area contributed by atoms with Gasteiger partial charge in [0.15, 0.2) is 0 Å². The van der Waals surface area contributed by atoms with Gasteiger partial charge in [-0.05, 0) is 37.0 Å². The molecular formula is C19H29NO4. The third-order valence-corrected chi connectivity index (χ3v) is 3.73. The molecule has 0 aromatic heterocycles. The number of esters is 1. The molecule has 1 amide bonds. The highest BCUT2D eigenvalue weighted by atomic mass is 16.5. The number of carbonyl (C=O) groups excluding carboxylic acids is 2. The number of benzene rings is 1. The monoisotopic (exact) mass is 335 g/mol. The van der Waals surface area contributed by atoms with Gasteiger partial charge < -0.3 is 14.4 Å². The van der Waals surface area contributed by atoms with E-state index in [1.807, 2.05) is 31.2 Å². The van der Waals surface area contributed by atoms with E-state index in [0.717, 1.165) is 17.7 Å². The number of carbonyl (C=O) groups is 2. The number of hydrogen-bond donors (Lipinski definition) is 0. The third-order valence-electron chi connectivity index (χ3n) is 3.73. The summed E-state index contributed by atoms with van der Waals surface area (Å²) in [7, 11) is 1.36. The minimum absolute atomic E-state index is 0.0312. The topological polar surface area (TPSA) is 55.8 Å². The summed E-state index contributed by atoms with van der Waals surface area (Å²) < 4.78 is 10.1. The Morgan fingerprint density at radius 3 is 2.33 bits per heavy atom. The zero-order chi connectivity index (χ0) is 17.9. The summed E-state index contributed by atoms with van der Waals surface area (Å²) in [5.41, 5.74) is 0.941. The average molecular weight is 335 g/mol. The number of rotatable bonds is 10. The SMILES string of the molecule is CCOc1ccc(CC(=O)N(CCC(=O)OC)CCC(C)C)cc1. The molecule has 0 aliphatic carbocycles. The van der Waals surface area contributed by atoms with Gasteiger partial charge in [-0.15, -0.1) is 0 Å². The predicted molar refractivity (Wildman–Crippen MR) is 94.0 cm³/mol. The first-order valence-electron chi connectivity index (χ1n) is 8.52. The Morgan fingerprint density at radius 2 is 1.79 bits per heavy atom. The first-order chi connectivity index (χ1) is 11.5. The minimum Gasteiger partial charge on any atom is -0.494 e. The van der Waals surface area contributed by atoms with Gasteiger partial charge in [0, 0.05) is 13.1 Å². The van der Waals surface area contributed by atoms with Gasteiger partial charge in [0.2, 0.25) is 5.91 Å². The molecule has 1 aromatic rings. The average Bonchev–Trinajstić information content (AvgIpc) is 2.56. The van der Waals surface area contributed by atoms with Crippen molar-refractivity contribution in [1.29, 1.82) is 0 Å². The van der Waals surface area contributed by atoms with E-state index in [1.165, 1.54) is 7.11 Å². The van der Waals surface area contributed by atoms with Gasteiger partial charge in [-0.2, -0.15) is 0 Å². The minimum atomic E-state index is -0.293. The quantitative estimate of drug-likeness (QED) is 0.617. The van der Waals surface area contributed by atoms with Gasteiger partial charge in [-0.3, -0.25) is 9.59 Å². The Labute approximate surface area is 144 Å². The van der Waals surface area contributed by atoms with Crippen LogP contribution in [-0.4, -0.2) is 43.6 Å². The zero-order valence-corrected chi connectivity index (χ0v) is 15.2. The van der Waals surface area contributed by atoms with Crippen molar-refractivity contribution >= 4 is 11.9 Å². The summed E-state index contributed by atoms with van der Waals surface area (Å²) in [6.07, 6.45) is 1.46. The van der Waals surface area contributed by atoms with Crippen molar-refractivity contribution in [2.24, 2.45) is 5.92 Å². The molecule has 1 aromatic carbocycles. The summed E-state index contributed by atoms with van der Waals surface area (Å²) >= 11 is 0. The van der Waals surface area contributed by atoms with Crippen molar-refractivity contribution in [3.05, 3.63) is 29.8 Å². The first-order valence-corrected chi connectivity index (χ1v) is 8.52. The molecule has 0 fully saturated rings. The molecule has 5 heteroatoms. The van der Waals surface area contributed by atoms with E-state index < -0.39 is 0 Å². The van der Waals surface area contributed by atoms with Crippen LogP contribution in [0.25, 0.3) is 0 Å². The highest BCUT2D eigenvalue weighted by Gasteiger charge is 2.16. The number of nitrogens with zero attached hydrogens (tertiary/aromatic N) is 1. The number of amides is 1. The number of methoxy groups -OCH3 is 1. The summed E-state index contributed by atoms with van der Waals surface area (Å²) in [6.45, 7) is 7.85. The van der Waals surface area contributed by atoms with E-state index in [0.29, 0.717) is 32.0 Å². The van der Waals surface area contributed by atoms with Crippen LogP contribution in [0.4, 0.5) is 0 Å². The molecule has 0 spiro atoms. The van der Waals surface area contributed by atoms with Crippen LogP contribution in [0.1, 0.15) is 39.2 Å². The molecule has 5 nitrogen and oxygen atoms in total. The van der Waals surface area contributed by atoms with Crippen molar-refractivity contribution in [3.63, 3.8) is 0 Å². The lowest BCUT2D eigenvalue weighted by molar-refractivity contribution is -0.141. The zero-order valence-electron chi connectivity index (χ0n) is 15.2. The van der Waals surface area contributed by atoms with E-state index in [2.05, 4.69) is 18.6 Å². The van der Waals surface area contributed by atoms with E-state index in [9.17, 15) is 9.59 Å². The van der Waals surface area contributed by atoms with Crippen molar-refractivity contribution < 1.29 is 19.1 Å². The molecule has 0 saturated carbocycles. The van der Waals surface area contributed by atoms with Gasteiger partial charge in [0.25, 0.3) is 0 Å². The van der Waals surface area contributed by atoms with E-state index in [4.69, 9.17) is 4.74 Å². The van der Waals surface area contributed by atoms with Crippen LogP contribution in [0.15, 0.2) is 24.3 Å². The maximum atomic E-state index is 12.6. The van der Waals surface area contributed by atoms with Gasteiger partial charge in [-0.25, -0.2) is 0 Å². The summed E-state index contributed by atoms with van der Waals surface area (Å²) in [6, 6.07) is 7.56. The van der Waals surface area contributed by atoms with Crippen LogP contribution in [0.2, 0.25) is 0 Å².